The van der Waals surface area contributed by atoms with Crippen molar-refractivity contribution in [1.29, 1.82) is 0 Å². The lowest BCUT2D eigenvalue weighted by Crippen LogP contribution is -2.07. The number of halogens is 1. The Labute approximate surface area is 111 Å². The van der Waals surface area contributed by atoms with E-state index in [1.165, 1.54) is 12.1 Å². The van der Waals surface area contributed by atoms with E-state index in [0.717, 1.165) is 6.07 Å². The molecule has 1 aromatic heterocycles. The van der Waals surface area contributed by atoms with Gasteiger partial charge >= 0.3 is 0 Å². The Kier molecular flexibility index (Phi) is 3.64. The van der Waals surface area contributed by atoms with E-state index >= 15 is 0 Å². The molecule has 0 radical (unpaired) electrons. The molecule has 1 heterocycles. The van der Waals surface area contributed by atoms with Gasteiger partial charge in [0.05, 0.1) is 17.8 Å². The minimum atomic E-state index is -0.571. The maximum absolute atomic E-state index is 13.3. The number of anilines is 1. The highest BCUT2D eigenvalue weighted by Crippen LogP contribution is 2.14. The van der Waals surface area contributed by atoms with Crippen LogP contribution in [0.5, 0.6) is 0 Å². The standard InChI is InChI=1S/C14H16FN3O/c1-9(2)18-6-5-11(17-18)8-14(19)10-3-4-13(16)12(15)7-10/h3-7,9H,8,16H2,1-2H3. The van der Waals surface area contributed by atoms with Gasteiger partial charge < -0.3 is 5.73 Å². The number of benzene rings is 1. The quantitative estimate of drug-likeness (QED) is 0.679. The van der Waals surface area contributed by atoms with E-state index in [9.17, 15) is 9.18 Å². The molecule has 2 aromatic rings. The van der Waals surface area contributed by atoms with Gasteiger partial charge in [-0.15, -0.1) is 0 Å². The van der Waals surface area contributed by atoms with Crippen LogP contribution in [0.3, 0.4) is 0 Å². The van der Waals surface area contributed by atoms with Crippen molar-refractivity contribution in [2.24, 2.45) is 0 Å². The lowest BCUT2D eigenvalue weighted by atomic mass is 10.1. The summed E-state index contributed by atoms with van der Waals surface area (Å²) >= 11 is 0. The third-order valence-corrected chi connectivity index (χ3v) is 2.86. The Bertz CT molecular complexity index is 604. The topological polar surface area (TPSA) is 60.9 Å². The maximum Gasteiger partial charge on any atom is 0.168 e. The Morgan fingerprint density at radius 1 is 1.42 bits per heavy atom. The summed E-state index contributed by atoms with van der Waals surface area (Å²) in [5.41, 5.74) is 6.41. The first-order chi connectivity index (χ1) is 8.97. The summed E-state index contributed by atoms with van der Waals surface area (Å²) in [6.45, 7) is 4.02. The average molecular weight is 261 g/mol. The maximum atomic E-state index is 13.3. The molecular weight excluding hydrogens is 245 g/mol. The number of carbonyl (C=O) groups excluding carboxylic acids is 1. The molecular formula is C14H16FN3O. The van der Waals surface area contributed by atoms with E-state index in [1.807, 2.05) is 20.0 Å². The van der Waals surface area contributed by atoms with Crippen LogP contribution in [0.15, 0.2) is 30.5 Å². The average Bonchev–Trinajstić information content (AvgIpc) is 2.81. The number of hydrogen-bond donors (Lipinski definition) is 1. The Morgan fingerprint density at radius 2 is 2.16 bits per heavy atom. The van der Waals surface area contributed by atoms with Crippen LogP contribution in [0.2, 0.25) is 0 Å². The number of carbonyl (C=O) groups is 1. The van der Waals surface area contributed by atoms with Crippen molar-refractivity contribution in [1.82, 2.24) is 9.78 Å². The SMILES string of the molecule is CC(C)n1ccc(CC(=O)c2ccc(N)c(F)c2)n1. The van der Waals surface area contributed by atoms with E-state index in [-0.39, 0.29) is 23.9 Å². The predicted octanol–water partition coefficient (Wildman–Crippen LogP) is 2.61. The van der Waals surface area contributed by atoms with Crippen LogP contribution in [0, 0.1) is 5.82 Å². The van der Waals surface area contributed by atoms with Gasteiger partial charge in [-0.25, -0.2) is 4.39 Å². The summed E-state index contributed by atoms with van der Waals surface area (Å²) in [5, 5.41) is 4.29. The minimum absolute atomic E-state index is 0.0423. The van der Waals surface area contributed by atoms with E-state index in [0.29, 0.717) is 11.3 Å². The number of nitrogens with two attached hydrogens (primary N) is 1. The normalized spacial score (nSPS) is 10.9. The molecule has 0 aliphatic rings. The molecule has 0 saturated carbocycles. The zero-order chi connectivity index (χ0) is 14.0. The molecule has 100 valence electrons. The van der Waals surface area contributed by atoms with Gasteiger partial charge in [0.15, 0.2) is 5.78 Å². The Morgan fingerprint density at radius 3 is 2.74 bits per heavy atom. The lowest BCUT2D eigenvalue weighted by Gasteiger charge is -2.04. The van der Waals surface area contributed by atoms with Crippen LogP contribution in [0.1, 0.15) is 35.9 Å². The first kappa shape index (κ1) is 13.3. The van der Waals surface area contributed by atoms with Crippen LogP contribution < -0.4 is 5.73 Å². The van der Waals surface area contributed by atoms with Crippen molar-refractivity contribution in [2.45, 2.75) is 26.3 Å². The molecule has 0 aliphatic carbocycles. The monoisotopic (exact) mass is 261 g/mol. The first-order valence-electron chi connectivity index (χ1n) is 6.09. The van der Waals surface area contributed by atoms with E-state index in [2.05, 4.69) is 5.10 Å². The van der Waals surface area contributed by atoms with Crippen molar-refractivity contribution >= 4 is 11.5 Å². The van der Waals surface area contributed by atoms with Gasteiger partial charge in [0.2, 0.25) is 0 Å². The summed E-state index contributed by atoms with van der Waals surface area (Å²) in [4.78, 5) is 12.0. The van der Waals surface area contributed by atoms with Gasteiger partial charge in [-0.2, -0.15) is 5.10 Å². The van der Waals surface area contributed by atoms with Crippen molar-refractivity contribution in [3.63, 3.8) is 0 Å². The second-order valence-corrected chi connectivity index (χ2v) is 4.72. The number of Topliss-reactive ketones (excluding diaryl/α,β-unsaturated/α-hetero) is 1. The lowest BCUT2D eigenvalue weighted by molar-refractivity contribution is 0.0991. The van der Waals surface area contributed by atoms with E-state index < -0.39 is 5.82 Å². The second kappa shape index (κ2) is 5.22. The fraction of sp³-hybridized carbons (Fsp3) is 0.286. The zero-order valence-electron chi connectivity index (χ0n) is 10.9. The molecule has 2 N–H and O–H groups in total. The van der Waals surface area contributed by atoms with Crippen LogP contribution in [-0.2, 0) is 6.42 Å². The zero-order valence-corrected chi connectivity index (χ0v) is 10.9. The molecule has 0 amide bonds. The molecule has 19 heavy (non-hydrogen) atoms. The number of ketones is 1. The summed E-state index contributed by atoms with van der Waals surface area (Å²) in [5.74, 6) is -0.744. The molecule has 2 rings (SSSR count). The number of nitrogen functional groups attached to an aromatic ring is 1. The molecule has 0 saturated heterocycles. The van der Waals surface area contributed by atoms with E-state index in [4.69, 9.17) is 5.73 Å². The highest BCUT2D eigenvalue weighted by atomic mass is 19.1. The fourth-order valence-corrected chi connectivity index (χ4v) is 1.73. The third kappa shape index (κ3) is 2.99. The molecule has 0 aliphatic heterocycles. The second-order valence-electron chi connectivity index (χ2n) is 4.72. The van der Waals surface area contributed by atoms with Crippen LogP contribution in [-0.4, -0.2) is 15.6 Å². The predicted molar refractivity (Wildman–Crippen MR) is 71.5 cm³/mol. The molecule has 0 unspecified atom stereocenters. The van der Waals surface area contributed by atoms with Crippen molar-refractivity contribution in [3.05, 3.63) is 47.5 Å². The Hall–Kier alpha value is -2.17. The Balaban J connectivity index is 2.13. The number of aromatic nitrogens is 2. The van der Waals surface area contributed by atoms with Gasteiger partial charge in [0, 0.05) is 17.8 Å². The first-order valence-corrected chi connectivity index (χ1v) is 6.09. The van der Waals surface area contributed by atoms with E-state index in [1.54, 1.807) is 10.7 Å². The molecule has 0 spiro atoms. The molecule has 1 aromatic carbocycles. The van der Waals surface area contributed by atoms with Gasteiger partial charge in [-0.3, -0.25) is 9.48 Å². The summed E-state index contributed by atoms with van der Waals surface area (Å²) < 4.78 is 15.1. The van der Waals surface area contributed by atoms with Crippen molar-refractivity contribution in [2.75, 3.05) is 5.73 Å². The van der Waals surface area contributed by atoms with Gasteiger partial charge in [0.25, 0.3) is 0 Å². The van der Waals surface area contributed by atoms with Gasteiger partial charge in [-0.1, -0.05) is 0 Å². The molecule has 5 heteroatoms. The highest BCUT2D eigenvalue weighted by molar-refractivity contribution is 5.97. The van der Waals surface area contributed by atoms with Crippen molar-refractivity contribution in [3.8, 4) is 0 Å². The summed E-state index contributed by atoms with van der Waals surface area (Å²) in [6.07, 6.45) is 1.99. The van der Waals surface area contributed by atoms with Gasteiger partial charge in [0.1, 0.15) is 5.82 Å². The van der Waals surface area contributed by atoms with Crippen LogP contribution in [0.4, 0.5) is 10.1 Å². The van der Waals surface area contributed by atoms with Crippen molar-refractivity contribution < 1.29 is 9.18 Å². The molecule has 0 atom stereocenters. The third-order valence-electron chi connectivity index (χ3n) is 2.86. The number of hydrogen-bond acceptors (Lipinski definition) is 3. The fourth-order valence-electron chi connectivity index (χ4n) is 1.73. The minimum Gasteiger partial charge on any atom is -0.396 e. The van der Waals surface area contributed by atoms with Crippen LogP contribution >= 0.6 is 0 Å². The van der Waals surface area contributed by atoms with Gasteiger partial charge in [-0.05, 0) is 38.1 Å². The highest BCUT2D eigenvalue weighted by Gasteiger charge is 2.11. The largest absolute Gasteiger partial charge is 0.396 e. The molecule has 4 nitrogen and oxygen atoms in total. The summed E-state index contributed by atoms with van der Waals surface area (Å²) in [6, 6.07) is 6.14. The summed E-state index contributed by atoms with van der Waals surface area (Å²) in [7, 11) is 0. The molecule has 0 bridgehead atoms. The number of nitrogens with zero attached hydrogens (tertiary/aromatic N) is 2. The molecule has 0 fully saturated rings. The van der Waals surface area contributed by atoms with Crippen LogP contribution in [0.25, 0.3) is 0 Å². The smallest absolute Gasteiger partial charge is 0.168 e. The number of rotatable bonds is 4.